The van der Waals surface area contributed by atoms with Crippen molar-refractivity contribution in [3.8, 4) is 5.75 Å². The van der Waals surface area contributed by atoms with Crippen molar-refractivity contribution in [2.24, 2.45) is 18.9 Å². The number of fused-ring (bicyclic) bond motifs is 2. The van der Waals surface area contributed by atoms with Gasteiger partial charge < -0.3 is 9.30 Å². The molecule has 0 spiro atoms. The van der Waals surface area contributed by atoms with Crippen molar-refractivity contribution in [2.75, 3.05) is 19.7 Å². The van der Waals surface area contributed by atoms with Crippen LogP contribution in [0.3, 0.4) is 0 Å². The first kappa shape index (κ1) is 19.1. The van der Waals surface area contributed by atoms with Gasteiger partial charge in [-0.25, -0.2) is 21.8 Å². The molecule has 3 aliphatic rings. The fourth-order valence-corrected chi connectivity index (χ4v) is 8.47. The van der Waals surface area contributed by atoms with E-state index in [2.05, 4.69) is 4.98 Å². The van der Waals surface area contributed by atoms with Crippen molar-refractivity contribution in [3.63, 3.8) is 0 Å². The molecule has 2 aliphatic heterocycles. The highest BCUT2D eigenvalue weighted by molar-refractivity contribution is 7.91. The molecule has 0 N–H and O–H groups in total. The zero-order valence-corrected chi connectivity index (χ0v) is 17.7. The quantitative estimate of drug-likeness (QED) is 0.713. The average Bonchev–Trinajstić information content (AvgIpc) is 3.43. The Bertz CT molecular complexity index is 1160. The lowest BCUT2D eigenvalue weighted by Gasteiger charge is -2.19. The zero-order chi connectivity index (χ0) is 20.4. The van der Waals surface area contributed by atoms with Crippen molar-refractivity contribution in [1.29, 1.82) is 0 Å². The standard InChI is InChI=1S/C19H23N3O5S2/c1-21-6-5-20-19(21)28(23,24)17-9-14-11-22(12-15(14)10-17)29(25,26)16-2-3-18-13(8-16)4-7-27-18/h2-3,5-6,8,14-15,17H,4,7,9-12H2,1H3/t14-,15-/m1/s1. The monoisotopic (exact) mass is 437 g/mol. The number of imidazole rings is 1. The molecule has 1 saturated heterocycles. The van der Waals surface area contributed by atoms with Gasteiger partial charge in [-0.3, -0.25) is 0 Å². The van der Waals surface area contributed by atoms with Crippen LogP contribution >= 0.6 is 0 Å². The van der Waals surface area contributed by atoms with Gasteiger partial charge in [0.25, 0.3) is 0 Å². The largest absolute Gasteiger partial charge is 0.493 e. The van der Waals surface area contributed by atoms with E-state index in [0.717, 1.165) is 17.7 Å². The van der Waals surface area contributed by atoms with Crippen molar-refractivity contribution < 1.29 is 21.6 Å². The molecule has 3 heterocycles. The van der Waals surface area contributed by atoms with Crippen LogP contribution in [-0.2, 0) is 33.3 Å². The minimum Gasteiger partial charge on any atom is -0.493 e. The third kappa shape index (κ3) is 3.00. The topological polar surface area (TPSA) is 98.6 Å². The highest BCUT2D eigenvalue weighted by Crippen LogP contribution is 2.44. The van der Waals surface area contributed by atoms with Crippen LogP contribution in [0.5, 0.6) is 5.75 Å². The SMILES string of the molecule is Cn1ccnc1S(=O)(=O)C1C[C@@H]2CN(S(=O)(=O)c3ccc4c(c3)CCO4)C[C@H]2C1. The number of sulfone groups is 1. The molecule has 2 fully saturated rings. The number of hydrogen-bond donors (Lipinski definition) is 0. The maximum Gasteiger partial charge on any atom is 0.243 e. The molecule has 8 nitrogen and oxygen atoms in total. The number of ether oxygens (including phenoxy) is 1. The number of benzene rings is 1. The molecule has 0 amide bonds. The lowest BCUT2D eigenvalue weighted by atomic mass is 10.0. The van der Waals surface area contributed by atoms with Gasteiger partial charge in [-0.05, 0) is 48.4 Å². The maximum atomic E-state index is 13.1. The smallest absolute Gasteiger partial charge is 0.243 e. The Morgan fingerprint density at radius 1 is 1.10 bits per heavy atom. The highest BCUT2D eigenvalue weighted by atomic mass is 32.2. The molecular weight excluding hydrogens is 414 g/mol. The van der Waals surface area contributed by atoms with Gasteiger partial charge in [0, 0.05) is 39.0 Å². The molecule has 0 unspecified atom stereocenters. The van der Waals surface area contributed by atoms with Gasteiger partial charge in [0.15, 0.2) is 0 Å². The van der Waals surface area contributed by atoms with E-state index >= 15 is 0 Å². The molecule has 1 aromatic carbocycles. The van der Waals surface area contributed by atoms with Crippen molar-refractivity contribution in [2.45, 2.75) is 34.6 Å². The summed E-state index contributed by atoms with van der Waals surface area (Å²) in [5.41, 5.74) is 0.923. The van der Waals surface area contributed by atoms with E-state index in [9.17, 15) is 16.8 Å². The summed E-state index contributed by atoms with van der Waals surface area (Å²) < 4.78 is 60.6. The highest BCUT2D eigenvalue weighted by Gasteiger charge is 2.49. The predicted molar refractivity (Wildman–Crippen MR) is 105 cm³/mol. The van der Waals surface area contributed by atoms with Gasteiger partial charge in [0.05, 0.1) is 16.8 Å². The predicted octanol–water partition coefficient (Wildman–Crippen LogP) is 1.23. The number of hydrogen-bond acceptors (Lipinski definition) is 6. The number of aromatic nitrogens is 2. The molecule has 29 heavy (non-hydrogen) atoms. The number of nitrogens with zero attached hydrogens (tertiary/aromatic N) is 3. The molecule has 0 radical (unpaired) electrons. The Morgan fingerprint density at radius 2 is 1.83 bits per heavy atom. The Morgan fingerprint density at radius 3 is 2.48 bits per heavy atom. The fourth-order valence-electron chi connectivity index (χ4n) is 4.90. The van der Waals surface area contributed by atoms with Crippen molar-refractivity contribution in [1.82, 2.24) is 13.9 Å². The van der Waals surface area contributed by atoms with Gasteiger partial charge in [0.1, 0.15) is 5.75 Å². The van der Waals surface area contributed by atoms with Crippen LogP contribution in [0.25, 0.3) is 0 Å². The summed E-state index contributed by atoms with van der Waals surface area (Å²) in [6, 6.07) is 5.03. The first-order valence-corrected chi connectivity index (χ1v) is 12.7. The van der Waals surface area contributed by atoms with Crippen LogP contribution in [0, 0.1) is 11.8 Å². The molecule has 1 saturated carbocycles. The van der Waals surface area contributed by atoms with Gasteiger partial charge in [-0.1, -0.05) is 0 Å². The van der Waals surface area contributed by atoms with Gasteiger partial charge in [-0.2, -0.15) is 4.31 Å². The zero-order valence-electron chi connectivity index (χ0n) is 16.1. The van der Waals surface area contributed by atoms with Crippen LogP contribution < -0.4 is 4.74 Å². The number of sulfonamides is 1. The van der Waals surface area contributed by atoms with Gasteiger partial charge in [0.2, 0.25) is 25.0 Å². The van der Waals surface area contributed by atoms with E-state index in [1.807, 2.05) is 0 Å². The molecule has 1 aromatic heterocycles. The van der Waals surface area contributed by atoms with E-state index in [1.54, 1.807) is 31.4 Å². The third-order valence-corrected chi connectivity index (χ3v) is 10.4. The number of rotatable bonds is 4. The summed E-state index contributed by atoms with van der Waals surface area (Å²) in [6.07, 6.45) is 4.78. The lowest BCUT2D eigenvalue weighted by molar-refractivity contribution is 0.356. The summed E-state index contributed by atoms with van der Waals surface area (Å²) in [7, 11) is -5.43. The van der Waals surface area contributed by atoms with Gasteiger partial charge >= 0.3 is 0 Å². The molecule has 10 heteroatoms. The molecule has 0 bridgehead atoms. The molecule has 156 valence electrons. The van der Waals surface area contributed by atoms with Crippen LogP contribution in [0.15, 0.2) is 40.6 Å². The Hall–Kier alpha value is -1.91. The van der Waals surface area contributed by atoms with Gasteiger partial charge in [-0.15, -0.1) is 0 Å². The first-order valence-electron chi connectivity index (χ1n) is 9.74. The summed E-state index contributed by atoms with van der Waals surface area (Å²) in [5, 5.41) is -0.409. The summed E-state index contributed by atoms with van der Waals surface area (Å²) in [4.78, 5) is 4.30. The van der Waals surface area contributed by atoms with Crippen LogP contribution in [0.2, 0.25) is 0 Å². The number of aryl methyl sites for hydroxylation is 1. The summed E-state index contributed by atoms with van der Waals surface area (Å²) >= 11 is 0. The lowest BCUT2D eigenvalue weighted by Crippen LogP contribution is -2.31. The van der Waals surface area contributed by atoms with Crippen LogP contribution in [0.4, 0.5) is 0 Å². The van der Waals surface area contributed by atoms with E-state index in [0.29, 0.717) is 37.4 Å². The molecule has 2 aromatic rings. The summed E-state index contributed by atoms with van der Waals surface area (Å²) in [6.45, 7) is 1.32. The average molecular weight is 438 g/mol. The van der Waals surface area contributed by atoms with Crippen LogP contribution in [0.1, 0.15) is 18.4 Å². The fraction of sp³-hybridized carbons (Fsp3) is 0.526. The van der Waals surface area contributed by atoms with Crippen molar-refractivity contribution in [3.05, 3.63) is 36.2 Å². The Labute approximate surface area is 170 Å². The second-order valence-electron chi connectivity index (χ2n) is 8.17. The van der Waals surface area contributed by atoms with E-state index in [4.69, 9.17) is 4.74 Å². The molecular formula is C19H23N3O5S2. The Balaban J connectivity index is 1.33. The summed E-state index contributed by atoms with van der Waals surface area (Å²) in [5.74, 6) is 0.870. The first-order chi connectivity index (χ1) is 13.8. The minimum atomic E-state index is -3.59. The van der Waals surface area contributed by atoms with Crippen molar-refractivity contribution >= 4 is 19.9 Å². The minimum absolute atomic E-state index is 0.0579. The second kappa shape index (κ2) is 6.55. The van der Waals surface area contributed by atoms with E-state index in [-0.39, 0.29) is 17.0 Å². The second-order valence-corrected chi connectivity index (χ2v) is 12.2. The van der Waals surface area contributed by atoms with E-state index < -0.39 is 25.1 Å². The maximum absolute atomic E-state index is 13.1. The third-order valence-electron chi connectivity index (χ3n) is 6.44. The molecule has 5 rings (SSSR count). The Kier molecular flexibility index (Phi) is 4.31. The van der Waals surface area contributed by atoms with E-state index in [1.165, 1.54) is 15.1 Å². The normalized spacial score (nSPS) is 25.1. The van der Waals surface area contributed by atoms with Crippen LogP contribution in [-0.4, -0.2) is 55.6 Å². The molecule has 2 atom stereocenters. The molecule has 1 aliphatic carbocycles.